The lowest BCUT2D eigenvalue weighted by Crippen LogP contribution is -2.40. The number of hydrogen-bond donors (Lipinski definition) is 2. The second-order valence-corrected chi connectivity index (χ2v) is 5.05. The monoisotopic (exact) mass is 240 g/mol. The molecule has 1 saturated carbocycles. The van der Waals surface area contributed by atoms with Gasteiger partial charge in [0.15, 0.2) is 0 Å². The summed E-state index contributed by atoms with van der Waals surface area (Å²) in [5.41, 5.74) is 5.43. The summed E-state index contributed by atoms with van der Waals surface area (Å²) in [5.74, 6) is -0.298. The summed E-state index contributed by atoms with van der Waals surface area (Å²) in [5, 5.41) is 2.67. The fraction of sp³-hybridized carbons (Fsp3) is 0.846. The van der Waals surface area contributed by atoms with E-state index in [1.165, 1.54) is 19.3 Å². The molecule has 0 aliphatic heterocycles. The molecule has 0 aromatic carbocycles. The summed E-state index contributed by atoms with van der Waals surface area (Å²) >= 11 is 0. The number of carbonyl (C=O) groups excluding carboxylic acids is 2. The molecule has 0 bridgehead atoms. The van der Waals surface area contributed by atoms with Gasteiger partial charge in [-0.15, -0.1) is 0 Å². The number of primary amides is 1. The molecule has 0 aromatic rings. The zero-order valence-corrected chi connectivity index (χ0v) is 10.9. The maximum absolute atomic E-state index is 11.9. The number of rotatable bonds is 7. The van der Waals surface area contributed by atoms with E-state index in [1.807, 2.05) is 6.92 Å². The predicted molar refractivity (Wildman–Crippen MR) is 67.1 cm³/mol. The van der Waals surface area contributed by atoms with Gasteiger partial charge in [0.25, 0.3) is 0 Å². The molecule has 0 aromatic heterocycles. The standard InChI is InChI=1S/C13H24N2O2/c1-3-5-10(12(14)16)11(13(17)15-2)8-9-6-4-7-9/h9-11H,3-8H2,1-2H3,(H2,14,16)(H,15,17)/t10-,11?/m0/s1. The Morgan fingerprint density at radius 1 is 1.35 bits per heavy atom. The Kier molecular flexibility index (Phi) is 5.45. The molecule has 1 aliphatic carbocycles. The summed E-state index contributed by atoms with van der Waals surface area (Å²) in [7, 11) is 1.63. The fourth-order valence-electron chi connectivity index (χ4n) is 2.58. The van der Waals surface area contributed by atoms with Crippen molar-refractivity contribution < 1.29 is 9.59 Å². The van der Waals surface area contributed by atoms with Gasteiger partial charge < -0.3 is 11.1 Å². The summed E-state index contributed by atoms with van der Waals surface area (Å²) in [4.78, 5) is 23.4. The molecule has 4 heteroatoms. The van der Waals surface area contributed by atoms with Gasteiger partial charge in [-0.05, 0) is 18.8 Å². The van der Waals surface area contributed by atoms with E-state index in [2.05, 4.69) is 5.32 Å². The summed E-state index contributed by atoms with van der Waals surface area (Å²) < 4.78 is 0. The maximum atomic E-state index is 11.9. The minimum Gasteiger partial charge on any atom is -0.369 e. The molecule has 2 amide bonds. The van der Waals surface area contributed by atoms with Gasteiger partial charge in [0.05, 0.1) is 0 Å². The molecule has 17 heavy (non-hydrogen) atoms. The summed E-state index contributed by atoms with van der Waals surface area (Å²) in [6, 6.07) is 0. The van der Waals surface area contributed by atoms with Crippen molar-refractivity contribution in [3.05, 3.63) is 0 Å². The largest absolute Gasteiger partial charge is 0.369 e. The quantitative estimate of drug-likeness (QED) is 0.706. The number of nitrogens with one attached hydrogen (secondary N) is 1. The zero-order chi connectivity index (χ0) is 12.8. The van der Waals surface area contributed by atoms with Gasteiger partial charge in [-0.3, -0.25) is 9.59 Å². The molecule has 3 N–H and O–H groups in total. The van der Waals surface area contributed by atoms with Gasteiger partial charge in [0.1, 0.15) is 0 Å². The fourth-order valence-corrected chi connectivity index (χ4v) is 2.58. The third-order valence-electron chi connectivity index (χ3n) is 3.85. The van der Waals surface area contributed by atoms with Crippen molar-refractivity contribution in [2.24, 2.45) is 23.5 Å². The van der Waals surface area contributed by atoms with E-state index in [-0.39, 0.29) is 23.7 Å². The maximum Gasteiger partial charge on any atom is 0.223 e. The third-order valence-corrected chi connectivity index (χ3v) is 3.85. The summed E-state index contributed by atoms with van der Waals surface area (Å²) in [6.45, 7) is 2.01. The molecule has 0 heterocycles. The van der Waals surface area contributed by atoms with E-state index in [9.17, 15) is 9.59 Å². The Morgan fingerprint density at radius 3 is 2.35 bits per heavy atom. The molecule has 98 valence electrons. The van der Waals surface area contributed by atoms with E-state index in [1.54, 1.807) is 7.05 Å². The highest BCUT2D eigenvalue weighted by Crippen LogP contribution is 2.35. The van der Waals surface area contributed by atoms with Gasteiger partial charge in [-0.25, -0.2) is 0 Å². The molecule has 0 spiro atoms. The van der Waals surface area contributed by atoms with E-state index in [4.69, 9.17) is 5.73 Å². The molecule has 0 radical (unpaired) electrons. The number of amides is 2. The molecule has 4 nitrogen and oxygen atoms in total. The zero-order valence-electron chi connectivity index (χ0n) is 10.9. The van der Waals surface area contributed by atoms with E-state index >= 15 is 0 Å². The Hall–Kier alpha value is -1.06. The molecule has 2 atom stereocenters. The van der Waals surface area contributed by atoms with E-state index in [0.29, 0.717) is 12.3 Å². The Morgan fingerprint density at radius 2 is 2.00 bits per heavy atom. The van der Waals surface area contributed by atoms with Crippen LogP contribution in [-0.2, 0) is 9.59 Å². The Balaban J connectivity index is 2.69. The molecule has 0 saturated heterocycles. The first kappa shape index (κ1) is 14.0. The van der Waals surface area contributed by atoms with Crippen molar-refractivity contribution in [1.29, 1.82) is 0 Å². The molecular weight excluding hydrogens is 216 g/mol. The van der Waals surface area contributed by atoms with Crippen molar-refractivity contribution in [3.8, 4) is 0 Å². The van der Waals surface area contributed by atoms with Crippen LogP contribution >= 0.6 is 0 Å². The van der Waals surface area contributed by atoms with E-state index in [0.717, 1.165) is 12.8 Å². The van der Waals surface area contributed by atoms with Crippen LogP contribution in [0.25, 0.3) is 0 Å². The lowest BCUT2D eigenvalue weighted by Gasteiger charge is -2.31. The minimum absolute atomic E-state index is 0.0332. The lowest BCUT2D eigenvalue weighted by atomic mass is 9.74. The molecule has 1 fully saturated rings. The van der Waals surface area contributed by atoms with Crippen LogP contribution in [0, 0.1) is 17.8 Å². The van der Waals surface area contributed by atoms with Crippen molar-refractivity contribution in [1.82, 2.24) is 5.32 Å². The second-order valence-electron chi connectivity index (χ2n) is 5.05. The number of carbonyl (C=O) groups is 2. The topological polar surface area (TPSA) is 72.2 Å². The number of nitrogens with two attached hydrogens (primary N) is 1. The Bertz CT molecular complexity index is 275. The first-order valence-corrected chi connectivity index (χ1v) is 6.61. The second kappa shape index (κ2) is 6.62. The minimum atomic E-state index is -0.334. The van der Waals surface area contributed by atoms with Crippen molar-refractivity contribution in [3.63, 3.8) is 0 Å². The number of hydrogen-bond acceptors (Lipinski definition) is 2. The van der Waals surface area contributed by atoms with Crippen LogP contribution in [0.4, 0.5) is 0 Å². The average Bonchev–Trinajstić information content (AvgIpc) is 2.24. The lowest BCUT2D eigenvalue weighted by molar-refractivity contribution is -0.134. The van der Waals surface area contributed by atoms with Gasteiger partial charge >= 0.3 is 0 Å². The first-order chi connectivity index (χ1) is 8.10. The van der Waals surface area contributed by atoms with Crippen LogP contribution in [-0.4, -0.2) is 18.9 Å². The van der Waals surface area contributed by atoms with Crippen LogP contribution in [0.5, 0.6) is 0 Å². The average molecular weight is 240 g/mol. The molecule has 1 aliphatic rings. The highest BCUT2D eigenvalue weighted by atomic mass is 16.2. The van der Waals surface area contributed by atoms with Crippen molar-refractivity contribution >= 4 is 11.8 Å². The summed E-state index contributed by atoms with van der Waals surface area (Å²) in [6.07, 6.45) is 6.02. The smallest absolute Gasteiger partial charge is 0.223 e. The van der Waals surface area contributed by atoms with E-state index < -0.39 is 0 Å². The highest BCUT2D eigenvalue weighted by Gasteiger charge is 2.34. The molecule has 1 unspecified atom stereocenters. The van der Waals surface area contributed by atoms with Gasteiger partial charge in [-0.1, -0.05) is 32.6 Å². The Labute approximate surface area is 103 Å². The van der Waals surface area contributed by atoms with Crippen LogP contribution < -0.4 is 11.1 Å². The molecule has 1 rings (SSSR count). The SMILES string of the molecule is CCC[C@H](C(N)=O)C(CC1CCC1)C(=O)NC. The van der Waals surface area contributed by atoms with Gasteiger partial charge in [0.2, 0.25) is 11.8 Å². The van der Waals surface area contributed by atoms with Crippen LogP contribution in [0.15, 0.2) is 0 Å². The third kappa shape index (κ3) is 3.72. The predicted octanol–water partition coefficient (Wildman–Crippen LogP) is 1.44. The van der Waals surface area contributed by atoms with Crippen LogP contribution in [0.1, 0.15) is 45.4 Å². The molecular formula is C13H24N2O2. The van der Waals surface area contributed by atoms with Gasteiger partial charge in [-0.2, -0.15) is 0 Å². The van der Waals surface area contributed by atoms with Crippen molar-refractivity contribution in [2.75, 3.05) is 7.05 Å². The highest BCUT2D eigenvalue weighted by molar-refractivity contribution is 5.86. The first-order valence-electron chi connectivity index (χ1n) is 6.61. The van der Waals surface area contributed by atoms with Gasteiger partial charge in [0, 0.05) is 18.9 Å². The van der Waals surface area contributed by atoms with Crippen molar-refractivity contribution in [2.45, 2.75) is 45.4 Å². The normalized spacial score (nSPS) is 19.2. The van der Waals surface area contributed by atoms with Crippen LogP contribution in [0.2, 0.25) is 0 Å². The van der Waals surface area contributed by atoms with Crippen LogP contribution in [0.3, 0.4) is 0 Å².